The van der Waals surface area contributed by atoms with Crippen LogP contribution in [0.4, 0.5) is 0 Å². The zero-order chi connectivity index (χ0) is 10.7. The minimum Gasteiger partial charge on any atom is -0.504 e. The minimum atomic E-state index is -0.884. The van der Waals surface area contributed by atoms with Crippen molar-refractivity contribution in [2.45, 2.75) is 19.1 Å². The van der Waals surface area contributed by atoms with Gasteiger partial charge in [-0.3, -0.25) is 0 Å². The van der Waals surface area contributed by atoms with Gasteiger partial charge in [0.15, 0.2) is 11.5 Å². The lowest BCUT2D eigenvalue weighted by Gasteiger charge is -2.17. The van der Waals surface area contributed by atoms with Gasteiger partial charge in [0, 0.05) is 11.6 Å². The number of phenolic OH excluding ortho intramolecular Hbond substituents is 1. The average molecular weight is 197 g/mol. The van der Waals surface area contributed by atoms with Gasteiger partial charge in [-0.1, -0.05) is 12.1 Å². The maximum Gasteiger partial charge on any atom is 0.163 e. The number of phenols is 1. The van der Waals surface area contributed by atoms with Crippen molar-refractivity contribution in [2.75, 3.05) is 7.11 Å². The van der Waals surface area contributed by atoms with E-state index in [0.29, 0.717) is 11.3 Å². The third kappa shape index (κ3) is 1.97. The monoisotopic (exact) mass is 197 g/mol. The van der Waals surface area contributed by atoms with Crippen molar-refractivity contribution in [1.29, 1.82) is 0 Å². The molecule has 78 valence electrons. The second-order valence-electron chi connectivity index (χ2n) is 3.20. The molecular weight excluding hydrogens is 182 g/mol. The molecule has 0 saturated heterocycles. The van der Waals surface area contributed by atoms with Crippen LogP contribution in [0, 0.1) is 0 Å². The summed E-state index contributed by atoms with van der Waals surface area (Å²) in [7, 11) is 1.46. The molecule has 0 spiro atoms. The van der Waals surface area contributed by atoms with Crippen LogP contribution in [0.15, 0.2) is 18.2 Å². The number of ether oxygens (including phenoxy) is 1. The summed E-state index contributed by atoms with van der Waals surface area (Å²) < 4.78 is 4.91. The van der Waals surface area contributed by atoms with Crippen LogP contribution in [0.3, 0.4) is 0 Å². The molecule has 0 radical (unpaired) electrons. The zero-order valence-corrected chi connectivity index (χ0v) is 8.27. The third-order valence-electron chi connectivity index (χ3n) is 2.07. The molecule has 0 saturated carbocycles. The van der Waals surface area contributed by atoms with Crippen LogP contribution < -0.4 is 10.5 Å². The van der Waals surface area contributed by atoms with Crippen LogP contribution in [-0.4, -0.2) is 23.4 Å². The van der Waals surface area contributed by atoms with E-state index in [2.05, 4.69) is 0 Å². The third-order valence-corrected chi connectivity index (χ3v) is 2.07. The number of hydrogen-bond acceptors (Lipinski definition) is 4. The van der Waals surface area contributed by atoms with Crippen molar-refractivity contribution < 1.29 is 14.9 Å². The quantitative estimate of drug-likeness (QED) is 0.669. The Balaban J connectivity index is 3.09. The Hall–Kier alpha value is -1.26. The van der Waals surface area contributed by atoms with Crippen LogP contribution >= 0.6 is 0 Å². The summed E-state index contributed by atoms with van der Waals surface area (Å²) in [6, 6.07) is 4.49. The van der Waals surface area contributed by atoms with E-state index in [1.54, 1.807) is 25.1 Å². The molecule has 0 aliphatic carbocycles. The smallest absolute Gasteiger partial charge is 0.163 e. The number of methoxy groups -OCH3 is 1. The highest BCUT2D eigenvalue weighted by Crippen LogP contribution is 2.34. The fourth-order valence-corrected chi connectivity index (χ4v) is 1.23. The van der Waals surface area contributed by atoms with Crippen molar-refractivity contribution in [3.05, 3.63) is 23.8 Å². The molecule has 4 nitrogen and oxygen atoms in total. The number of aromatic hydroxyl groups is 1. The lowest BCUT2D eigenvalue weighted by atomic mass is 10.0. The van der Waals surface area contributed by atoms with E-state index in [0.717, 1.165) is 0 Å². The standard InChI is InChI=1S/C10H15NO3/c1-6(11)9(12)7-4-3-5-8(14-2)10(7)13/h3-6,9,12-13H,11H2,1-2H3. The minimum absolute atomic E-state index is 0.0557. The number of nitrogens with two attached hydrogens (primary N) is 1. The molecule has 4 heteroatoms. The molecule has 1 aromatic rings. The molecule has 0 heterocycles. The first-order valence-corrected chi connectivity index (χ1v) is 4.37. The van der Waals surface area contributed by atoms with Gasteiger partial charge in [-0.2, -0.15) is 0 Å². The van der Waals surface area contributed by atoms with Crippen molar-refractivity contribution in [1.82, 2.24) is 0 Å². The Morgan fingerprint density at radius 2 is 2.07 bits per heavy atom. The molecule has 1 rings (SSSR count). The van der Waals surface area contributed by atoms with Crippen LogP contribution in [-0.2, 0) is 0 Å². The number of benzene rings is 1. The van der Waals surface area contributed by atoms with Crippen molar-refractivity contribution in [3.8, 4) is 11.5 Å². The predicted octanol–water partition coefficient (Wildman–Crippen LogP) is 0.781. The molecule has 4 N–H and O–H groups in total. The molecule has 0 aromatic heterocycles. The lowest BCUT2D eigenvalue weighted by molar-refractivity contribution is 0.149. The SMILES string of the molecule is COc1cccc(C(O)C(C)N)c1O. The summed E-state index contributed by atoms with van der Waals surface area (Å²) in [4.78, 5) is 0. The zero-order valence-electron chi connectivity index (χ0n) is 8.27. The van der Waals surface area contributed by atoms with Gasteiger partial charge in [-0.05, 0) is 13.0 Å². The van der Waals surface area contributed by atoms with Gasteiger partial charge in [0.05, 0.1) is 13.2 Å². The Morgan fingerprint density at radius 3 is 2.57 bits per heavy atom. The van der Waals surface area contributed by atoms with Crippen molar-refractivity contribution >= 4 is 0 Å². The fraction of sp³-hybridized carbons (Fsp3) is 0.400. The second-order valence-corrected chi connectivity index (χ2v) is 3.20. The molecule has 0 aliphatic rings. The van der Waals surface area contributed by atoms with E-state index in [-0.39, 0.29) is 5.75 Å². The highest BCUT2D eigenvalue weighted by Gasteiger charge is 2.18. The number of aliphatic hydroxyl groups is 1. The molecule has 0 amide bonds. The number of hydrogen-bond donors (Lipinski definition) is 3. The van der Waals surface area contributed by atoms with Gasteiger partial charge in [0.25, 0.3) is 0 Å². The number of para-hydroxylation sites is 1. The molecule has 2 atom stereocenters. The van der Waals surface area contributed by atoms with E-state index >= 15 is 0 Å². The van der Waals surface area contributed by atoms with E-state index in [1.165, 1.54) is 7.11 Å². The second kappa shape index (κ2) is 4.30. The normalized spacial score (nSPS) is 14.9. The topological polar surface area (TPSA) is 75.7 Å². The summed E-state index contributed by atoms with van der Waals surface area (Å²) in [5.41, 5.74) is 5.91. The first-order valence-electron chi connectivity index (χ1n) is 4.37. The van der Waals surface area contributed by atoms with E-state index in [1.807, 2.05) is 0 Å². The summed E-state index contributed by atoms with van der Waals surface area (Å²) >= 11 is 0. The summed E-state index contributed by atoms with van der Waals surface area (Å²) in [5.74, 6) is 0.280. The van der Waals surface area contributed by atoms with Crippen molar-refractivity contribution in [2.24, 2.45) is 5.73 Å². The average Bonchev–Trinajstić information content (AvgIpc) is 2.17. The summed E-state index contributed by atoms with van der Waals surface area (Å²) in [6.45, 7) is 1.67. The Labute approximate surface area is 82.9 Å². The summed E-state index contributed by atoms with van der Waals surface area (Å²) in [6.07, 6.45) is -0.884. The maximum absolute atomic E-state index is 9.67. The number of rotatable bonds is 3. The highest BCUT2D eigenvalue weighted by atomic mass is 16.5. The first-order chi connectivity index (χ1) is 6.57. The van der Waals surface area contributed by atoms with Gasteiger partial charge < -0.3 is 20.7 Å². The van der Waals surface area contributed by atoms with Gasteiger partial charge in [-0.15, -0.1) is 0 Å². The molecular formula is C10H15NO3. The van der Waals surface area contributed by atoms with Crippen LogP contribution in [0.5, 0.6) is 11.5 Å². The van der Waals surface area contributed by atoms with Crippen LogP contribution in [0.1, 0.15) is 18.6 Å². The first kappa shape index (κ1) is 10.8. The Bertz CT molecular complexity index is 312. The molecule has 14 heavy (non-hydrogen) atoms. The van der Waals surface area contributed by atoms with Crippen LogP contribution in [0.25, 0.3) is 0 Å². The van der Waals surface area contributed by atoms with Gasteiger partial charge in [0.2, 0.25) is 0 Å². The maximum atomic E-state index is 9.67. The van der Waals surface area contributed by atoms with Gasteiger partial charge in [-0.25, -0.2) is 0 Å². The molecule has 1 aromatic carbocycles. The van der Waals surface area contributed by atoms with E-state index < -0.39 is 12.1 Å². The fourth-order valence-electron chi connectivity index (χ4n) is 1.23. The van der Waals surface area contributed by atoms with Gasteiger partial charge in [0.1, 0.15) is 0 Å². The largest absolute Gasteiger partial charge is 0.504 e. The number of aliphatic hydroxyl groups excluding tert-OH is 1. The molecule has 0 aliphatic heterocycles. The van der Waals surface area contributed by atoms with E-state index in [9.17, 15) is 10.2 Å². The highest BCUT2D eigenvalue weighted by molar-refractivity contribution is 5.46. The van der Waals surface area contributed by atoms with Crippen molar-refractivity contribution in [3.63, 3.8) is 0 Å². The summed E-state index contributed by atoms with van der Waals surface area (Å²) in [5, 5.41) is 19.3. The van der Waals surface area contributed by atoms with E-state index in [4.69, 9.17) is 10.5 Å². The predicted molar refractivity (Wildman–Crippen MR) is 53.3 cm³/mol. The molecule has 2 unspecified atom stereocenters. The van der Waals surface area contributed by atoms with Gasteiger partial charge >= 0.3 is 0 Å². The lowest BCUT2D eigenvalue weighted by Crippen LogP contribution is -2.24. The molecule has 0 bridgehead atoms. The molecule has 0 fully saturated rings. The Kier molecular flexibility index (Phi) is 3.33. The Morgan fingerprint density at radius 1 is 1.43 bits per heavy atom. The van der Waals surface area contributed by atoms with Crippen LogP contribution in [0.2, 0.25) is 0 Å².